The number of rotatable bonds is 7. The SMILES string of the molecule is Cc1cc(C(=O)N(C)[C@H](Cc2ccccc2)C2CCN(Cc3cccnc3)CC2)n(C)n1. The standard InChI is InChI=1S/C26H33N5O/c1-20-16-25(30(3)28-20)26(32)29(2)24(17-21-8-5-4-6-9-21)23-11-14-31(15-12-23)19-22-10-7-13-27-18-22/h4-10,13,16,18,23-24H,11-12,14-15,17,19H2,1-3H3/t24-/m1/s1. The van der Waals surface area contributed by atoms with Gasteiger partial charge in [-0.2, -0.15) is 5.10 Å². The van der Waals surface area contributed by atoms with Gasteiger partial charge in [-0.1, -0.05) is 36.4 Å². The Labute approximate surface area is 190 Å². The molecule has 1 atom stereocenters. The molecule has 0 spiro atoms. The summed E-state index contributed by atoms with van der Waals surface area (Å²) in [5.41, 5.74) is 4.05. The molecule has 0 saturated carbocycles. The van der Waals surface area contributed by atoms with Crippen molar-refractivity contribution < 1.29 is 4.79 Å². The number of hydrogen-bond donors (Lipinski definition) is 0. The average molecular weight is 432 g/mol. The van der Waals surface area contributed by atoms with Crippen molar-refractivity contribution in [2.75, 3.05) is 20.1 Å². The summed E-state index contributed by atoms with van der Waals surface area (Å²) in [6.07, 6.45) is 6.81. The van der Waals surface area contributed by atoms with Crippen molar-refractivity contribution in [3.63, 3.8) is 0 Å². The van der Waals surface area contributed by atoms with E-state index in [1.54, 1.807) is 4.68 Å². The minimum absolute atomic E-state index is 0.0480. The van der Waals surface area contributed by atoms with Gasteiger partial charge < -0.3 is 4.90 Å². The van der Waals surface area contributed by atoms with E-state index in [1.165, 1.54) is 11.1 Å². The van der Waals surface area contributed by atoms with Crippen LogP contribution in [-0.2, 0) is 20.0 Å². The van der Waals surface area contributed by atoms with Crippen LogP contribution < -0.4 is 0 Å². The Balaban J connectivity index is 1.48. The molecular formula is C26H33N5O. The lowest BCUT2D eigenvalue weighted by Crippen LogP contribution is -2.47. The quantitative estimate of drug-likeness (QED) is 0.572. The molecule has 32 heavy (non-hydrogen) atoms. The zero-order valence-corrected chi connectivity index (χ0v) is 19.3. The van der Waals surface area contributed by atoms with Crippen molar-refractivity contribution in [2.45, 2.75) is 38.8 Å². The normalized spacial score (nSPS) is 16.1. The van der Waals surface area contributed by atoms with E-state index in [9.17, 15) is 4.79 Å². The number of benzene rings is 1. The summed E-state index contributed by atoms with van der Waals surface area (Å²) in [5, 5.41) is 4.38. The fraction of sp³-hybridized carbons (Fsp3) is 0.423. The molecule has 3 aromatic rings. The number of hydrogen-bond acceptors (Lipinski definition) is 4. The van der Waals surface area contributed by atoms with E-state index in [2.05, 4.69) is 45.3 Å². The molecule has 1 aromatic carbocycles. The Bertz CT molecular complexity index is 1010. The van der Waals surface area contributed by atoms with Crippen LogP contribution in [0.25, 0.3) is 0 Å². The predicted molar refractivity (Wildman–Crippen MR) is 126 cm³/mol. The second kappa shape index (κ2) is 10.1. The Morgan fingerprint density at radius 3 is 2.47 bits per heavy atom. The van der Waals surface area contributed by atoms with Crippen LogP contribution in [0, 0.1) is 12.8 Å². The fourth-order valence-electron chi connectivity index (χ4n) is 4.86. The van der Waals surface area contributed by atoms with Gasteiger partial charge in [-0.15, -0.1) is 0 Å². The predicted octanol–water partition coefficient (Wildman–Crippen LogP) is 3.72. The number of likely N-dealkylation sites (N-methyl/N-ethyl adjacent to an activating group) is 1. The second-order valence-corrected chi connectivity index (χ2v) is 8.94. The summed E-state index contributed by atoms with van der Waals surface area (Å²) in [7, 11) is 3.80. The second-order valence-electron chi connectivity index (χ2n) is 8.94. The van der Waals surface area contributed by atoms with Gasteiger partial charge in [0.2, 0.25) is 0 Å². The first kappa shape index (κ1) is 22.2. The topological polar surface area (TPSA) is 54.3 Å². The molecule has 2 aromatic heterocycles. The number of aryl methyl sites for hydroxylation is 2. The highest BCUT2D eigenvalue weighted by Gasteiger charge is 2.32. The van der Waals surface area contributed by atoms with Gasteiger partial charge >= 0.3 is 0 Å². The molecule has 1 amide bonds. The minimum Gasteiger partial charge on any atom is -0.337 e. The summed E-state index contributed by atoms with van der Waals surface area (Å²) in [6, 6.07) is 16.7. The molecule has 1 saturated heterocycles. The van der Waals surface area contributed by atoms with Crippen LogP contribution in [-0.4, -0.2) is 56.7 Å². The molecular weight excluding hydrogens is 398 g/mol. The van der Waals surface area contributed by atoms with Gasteiger partial charge in [0.05, 0.1) is 5.69 Å². The van der Waals surface area contributed by atoms with Crippen molar-refractivity contribution >= 4 is 5.91 Å². The third-order valence-electron chi connectivity index (χ3n) is 6.63. The smallest absolute Gasteiger partial charge is 0.272 e. The van der Waals surface area contributed by atoms with Gasteiger partial charge in [-0.05, 0) is 68.5 Å². The number of piperidine rings is 1. The van der Waals surface area contributed by atoms with E-state index in [1.807, 2.05) is 56.5 Å². The van der Waals surface area contributed by atoms with Crippen LogP contribution >= 0.6 is 0 Å². The average Bonchev–Trinajstić information content (AvgIpc) is 3.16. The first-order valence-corrected chi connectivity index (χ1v) is 11.4. The summed E-state index contributed by atoms with van der Waals surface area (Å²) < 4.78 is 1.70. The lowest BCUT2D eigenvalue weighted by Gasteiger charge is -2.40. The lowest BCUT2D eigenvalue weighted by molar-refractivity contribution is 0.0575. The number of carbonyl (C=O) groups excluding carboxylic acids is 1. The van der Waals surface area contributed by atoms with Gasteiger partial charge in [0.1, 0.15) is 5.69 Å². The van der Waals surface area contributed by atoms with Crippen LogP contribution in [0.4, 0.5) is 0 Å². The first-order chi connectivity index (χ1) is 15.5. The third-order valence-corrected chi connectivity index (χ3v) is 6.63. The number of carbonyl (C=O) groups is 1. The Morgan fingerprint density at radius 2 is 1.84 bits per heavy atom. The van der Waals surface area contributed by atoms with Crippen LogP contribution in [0.2, 0.25) is 0 Å². The summed E-state index contributed by atoms with van der Waals surface area (Å²) >= 11 is 0. The summed E-state index contributed by atoms with van der Waals surface area (Å²) in [4.78, 5) is 22.1. The molecule has 6 heteroatoms. The van der Waals surface area contributed by atoms with E-state index in [4.69, 9.17) is 0 Å². The maximum Gasteiger partial charge on any atom is 0.272 e. The molecule has 0 N–H and O–H groups in total. The molecule has 0 radical (unpaired) electrons. The molecule has 168 valence electrons. The van der Waals surface area contributed by atoms with Gasteiger partial charge in [-0.3, -0.25) is 19.4 Å². The highest BCUT2D eigenvalue weighted by atomic mass is 16.2. The molecule has 6 nitrogen and oxygen atoms in total. The van der Waals surface area contributed by atoms with Gasteiger partial charge in [-0.25, -0.2) is 0 Å². The molecule has 0 aliphatic carbocycles. The van der Waals surface area contributed by atoms with Crippen molar-refractivity contribution in [3.8, 4) is 0 Å². The monoisotopic (exact) mass is 431 g/mol. The number of aromatic nitrogens is 3. The highest BCUT2D eigenvalue weighted by molar-refractivity contribution is 5.92. The number of pyridine rings is 1. The molecule has 1 fully saturated rings. The van der Waals surface area contributed by atoms with Crippen LogP contribution in [0.15, 0.2) is 60.9 Å². The Kier molecular flexibility index (Phi) is 7.00. The Hall–Kier alpha value is -2.99. The van der Waals surface area contributed by atoms with E-state index in [-0.39, 0.29) is 11.9 Å². The lowest BCUT2D eigenvalue weighted by atomic mass is 9.84. The van der Waals surface area contributed by atoms with Crippen LogP contribution in [0.5, 0.6) is 0 Å². The molecule has 3 heterocycles. The number of likely N-dealkylation sites (tertiary alicyclic amines) is 1. The zero-order valence-electron chi connectivity index (χ0n) is 19.3. The summed E-state index contributed by atoms with van der Waals surface area (Å²) in [6.45, 7) is 4.94. The molecule has 4 rings (SSSR count). The largest absolute Gasteiger partial charge is 0.337 e. The van der Waals surface area contributed by atoms with Crippen LogP contribution in [0.3, 0.4) is 0 Å². The van der Waals surface area contributed by atoms with E-state index < -0.39 is 0 Å². The molecule has 1 aliphatic heterocycles. The van der Waals surface area contributed by atoms with Crippen LogP contribution in [0.1, 0.15) is 40.2 Å². The Morgan fingerprint density at radius 1 is 1.12 bits per heavy atom. The zero-order chi connectivity index (χ0) is 22.5. The molecule has 0 bridgehead atoms. The number of amides is 1. The summed E-state index contributed by atoms with van der Waals surface area (Å²) in [5.74, 6) is 0.510. The van der Waals surface area contributed by atoms with E-state index >= 15 is 0 Å². The van der Waals surface area contributed by atoms with Gasteiger partial charge in [0.25, 0.3) is 5.91 Å². The van der Waals surface area contributed by atoms with Crippen molar-refractivity contribution in [1.29, 1.82) is 0 Å². The van der Waals surface area contributed by atoms with Crippen molar-refractivity contribution in [2.24, 2.45) is 13.0 Å². The van der Waals surface area contributed by atoms with Gasteiger partial charge in [0.15, 0.2) is 0 Å². The van der Waals surface area contributed by atoms with E-state index in [0.717, 1.165) is 44.6 Å². The molecule has 0 unspecified atom stereocenters. The minimum atomic E-state index is 0.0480. The molecule has 1 aliphatic rings. The van der Waals surface area contributed by atoms with Crippen molar-refractivity contribution in [3.05, 3.63) is 83.4 Å². The maximum absolute atomic E-state index is 13.4. The maximum atomic E-state index is 13.4. The van der Waals surface area contributed by atoms with Crippen molar-refractivity contribution in [1.82, 2.24) is 24.6 Å². The van der Waals surface area contributed by atoms with Gasteiger partial charge in [0, 0.05) is 39.1 Å². The number of nitrogens with zero attached hydrogens (tertiary/aromatic N) is 5. The first-order valence-electron chi connectivity index (χ1n) is 11.4. The third kappa shape index (κ3) is 5.25. The van der Waals surface area contributed by atoms with E-state index in [0.29, 0.717) is 11.6 Å². The highest BCUT2D eigenvalue weighted by Crippen LogP contribution is 2.28. The fourth-order valence-corrected chi connectivity index (χ4v) is 4.86.